The molecule has 0 spiro atoms. The van der Waals surface area contributed by atoms with Gasteiger partial charge in [-0.15, -0.1) is 0 Å². The fourth-order valence-corrected chi connectivity index (χ4v) is 3.76. The average molecular weight is 413 g/mol. The van der Waals surface area contributed by atoms with Crippen LogP contribution in [0.1, 0.15) is 25.3 Å². The molecule has 0 radical (unpaired) electrons. The van der Waals surface area contributed by atoms with E-state index in [1.165, 1.54) is 19.2 Å². The number of nitrogens with zero attached hydrogens (tertiary/aromatic N) is 2. The quantitative estimate of drug-likeness (QED) is 0.651. The second-order valence-electron chi connectivity index (χ2n) is 7.51. The molecule has 1 aromatic rings. The van der Waals surface area contributed by atoms with Crippen LogP contribution in [0, 0.1) is 11.6 Å². The Morgan fingerprint density at radius 3 is 2.72 bits per heavy atom. The van der Waals surface area contributed by atoms with Crippen molar-refractivity contribution in [2.45, 2.75) is 31.8 Å². The largest absolute Gasteiger partial charge is 0.489 e. The first kappa shape index (κ1) is 21.9. The molecule has 0 bridgehead atoms. The average Bonchev–Trinajstić information content (AvgIpc) is 3.12. The Morgan fingerprint density at radius 1 is 1.24 bits per heavy atom. The summed E-state index contributed by atoms with van der Waals surface area (Å²) in [5.41, 5.74) is 2.40. The van der Waals surface area contributed by atoms with Gasteiger partial charge >= 0.3 is 5.97 Å². The van der Waals surface area contributed by atoms with Gasteiger partial charge in [0.2, 0.25) is 5.82 Å². The van der Waals surface area contributed by atoms with E-state index in [0.717, 1.165) is 19.5 Å². The van der Waals surface area contributed by atoms with E-state index < -0.39 is 17.2 Å². The number of hydrazine groups is 1. The zero-order valence-corrected chi connectivity index (χ0v) is 17.0. The van der Waals surface area contributed by atoms with E-state index in [9.17, 15) is 13.6 Å². The predicted octanol–water partition coefficient (Wildman–Crippen LogP) is 1.71. The van der Waals surface area contributed by atoms with Crippen LogP contribution in [0.15, 0.2) is 12.1 Å². The molecule has 1 aromatic carbocycles. The van der Waals surface area contributed by atoms with Crippen LogP contribution in [0.25, 0.3) is 0 Å². The minimum absolute atomic E-state index is 0.0589. The molecule has 1 N–H and O–H groups in total. The van der Waals surface area contributed by atoms with Crippen molar-refractivity contribution in [2.75, 3.05) is 53.1 Å². The molecule has 7 nitrogen and oxygen atoms in total. The number of esters is 1. The van der Waals surface area contributed by atoms with Crippen LogP contribution in [0.3, 0.4) is 0 Å². The molecule has 2 saturated heterocycles. The lowest BCUT2D eigenvalue weighted by molar-refractivity contribution is -0.154. The number of methoxy groups -OCH3 is 1. The number of halogens is 2. The maximum atomic E-state index is 14.5. The van der Waals surface area contributed by atoms with Crippen molar-refractivity contribution in [2.24, 2.45) is 0 Å². The first-order chi connectivity index (χ1) is 14.0. The number of benzene rings is 1. The van der Waals surface area contributed by atoms with Crippen LogP contribution >= 0.6 is 0 Å². The van der Waals surface area contributed by atoms with Crippen molar-refractivity contribution < 1.29 is 27.8 Å². The molecular weight excluding hydrogens is 384 g/mol. The highest BCUT2D eigenvalue weighted by atomic mass is 19.2. The Hall–Kier alpha value is -1.81. The molecule has 2 fully saturated rings. The van der Waals surface area contributed by atoms with Gasteiger partial charge in [-0.2, -0.15) is 4.39 Å². The van der Waals surface area contributed by atoms with Crippen LogP contribution in [-0.4, -0.2) is 74.5 Å². The number of hydrogen-bond donors (Lipinski definition) is 1. The smallest absolute Gasteiger partial charge is 0.327 e. The van der Waals surface area contributed by atoms with Crippen LogP contribution in [0.5, 0.6) is 5.75 Å². The zero-order chi connectivity index (χ0) is 20.9. The van der Waals surface area contributed by atoms with Crippen molar-refractivity contribution in [3.8, 4) is 5.75 Å². The van der Waals surface area contributed by atoms with E-state index in [-0.39, 0.29) is 30.4 Å². The summed E-state index contributed by atoms with van der Waals surface area (Å²) < 4.78 is 44.5. The van der Waals surface area contributed by atoms with E-state index in [0.29, 0.717) is 32.7 Å². The first-order valence-corrected chi connectivity index (χ1v) is 9.95. The third-order valence-electron chi connectivity index (χ3n) is 5.62. The van der Waals surface area contributed by atoms with E-state index >= 15 is 0 Å². The predicted molar refractivity (Wildman–Crippen MR) is 102 cm³/mol. The molecule has 0 saturated carbocycles. The van der Waals surface area contributed by atoms with Crippen molar-refractivity contribution in [1.82, 2.24) is 15.3 Å². The second kappa shape index (κ2) is 9.80. The second-order valence-corrected chi connectivity index (χ2v) is 7.51. The molecule has 3 rings (SSSR count). The lowest BCUT2D eigenvalue weighted by Crippen LogP contribution is -2.54. The van der Waals surface area contributed by atoms with E-state index in [2.05, 4.69) is 10.3 Å². The van der Waals surface area contributed by atoms with Crippen molar-refractivity contribution >= 4 is 5.97 Å². The normalized spacial score (nSPS) is 23.3. The number of morpholine rings is 1. The fraction of sp³-hybridized carbons (Fsp3) is 0.650. The number of rotatable bonds is 8. The Morgan fingerprint density at radius 2 is 2.00 bits per heavy atom. The number of nitrogens with one attached hydrogen (secondary N) is 1. The van der Waals surface area contributed by atoms with Gasteiger partial charge in [0.15, 0.2) is 11.6 Å². The molecule has 2 heterocycles. The minimum atomic E-state index is -0.997. The number of carbonyl (C=O) groups excluding carboxylic acids is 1. The Bertz CT molecular complexity index is 715. The van der Waals surface area contributed by atoms with Gasteiger partial charge in [0.1, 0.15) is 12.1 Å². The first-order valence-electron chi connectivity index (χ1n) is 9.95. The molecule has 0 aromatic heterocycles. The van der Waals surface area contributed by atoms with Crippen LogP contribution in [0.2, 0.25) is 0 Å². The van der Waals surface area contributed by atoms with Gasteiger partial charge in [0, 0.05) is 38.3 Å². The maximum absolute atomic E-state index is 14.5. The molecule has 162 valence electrons. The number of ether oxygens (including phenoxy) is 3. The van der Waals surface area contributed by atoms with Crippen LogP contribution in [-0.2, 0) is 20.8 Å². The summed E-state index contributed by atoms with van der Waals surface area (Å²) in [6.07, 6.45) is 1.45. The van der Waals surface area contributed by atoms with Gasteiger partial charge in [-0.05, 0) is 25.8 Å². The summed E-state index contributed by atoms with van der Waals surface area (Å²) in [4.78, 5) is 14.2. The molecule has 0 unspecified atom stereocenters. The summed E-state index contributed by atoms with van der Waals surface area (Å²) in [5.74, 6) is -2.39. The monoisotopic (exact) mass is 413 g/mol. The molecule has 1 atom stereocenters. The van der Waals surface area contributed by atoms with Gasteiger partial charge < -0.3 is 14.2 Å². The summed E-state index contributed by atoms with van der Waals surface area (Å²) >= 11 is 0. The lowest BCUT2D eigenvalue weighted by Gasteiger charge is -2.32. The summed E-state index contributed by atoms with van der Waals surface area (Å²) in [5, 5.41) is 1.74. The third kappa shape index (κ3) is 5.03. The van der Waals surface area contributed by atoms with Gasteiger partial charge in [-0.1, -0.05) is 6.07 Å². The standard InChI is InChI=1S/C20H29F2N3O4/c1-20(19(26)27-2)6-3-7-25(20)23-14-15-4-5-16(18(22)17(15)21)29-13-10-24-8-11-28-12-9-24/h4-5,23H,3,6-14H2,1-2H3/t20-/m1/s1. The minimum Gasteiger partial charge on any atom is -0.489 e. The zero-order valence-electron chi connectivity index (χ0n) is 17.0. The maximum Gasteiger partial charge on any atom is 0.327 e. The van der Waals surface area contributed by atoms with Crippen molar-refractivity contribution in [3.05, 3.63) is 29.3 Å². The summed E-state index contributed by atoms with van der Waals surface area (Å²) in [6.45, 7) is 6.35. The van der Waals surface area contributed by atoms with E-state index in [1.807, 2.05) is 0 Å². The van der Waals surface area contributed by atoms with Crippen LogP contribution in [0.4, 0.5) is 8.78 Å². The summed E-state index contributed by atoms with van der Waals surface area (Å²) in [7, 11) is 1.34. The van der Waals surface area contributed by atoms with E-state index in [4.69, 9.17) is 14.2 Å². The summed E-state index contributed by atoms with van der Waals surface area (Å²) in [6, 6.07) is 2.94. The molecule has 29 heavy (non-hydrogen) atoms. The molecule has 9 heteroatoms. The molecule has 2 aliphatic rings. The lowest BCUT2D eigenvalue weighted by atomic mass is 10.0. The topological polar surface area (TPSA) is 63.3 Å². The van der Waals surface area contributed by atoms with Gasteiger partial charge in [0.25, 0.3) is 0 Å². The molecule has 2 aliphatic heterocycles. The molecular formula is C20H29F2N3O4. The van der Waals surface area contributed by atoms with Gasteiger partial charge in [0.05, 0.1) is 20.3 Å². The number of hydrogen-bond acceptors (Lipinski definition) is 7. The SMILES string of the molecule is COC(=O)[C@@]1(C)CCCN1NCc1ccc(OCCN2CCOCC2)c(F)c1F. The van der Waals surface area contributed by atoms with Crippen molar-refractivity contribution in [1.29, 1.82) is 0 Å². The van der Waals surface area contributed by atoms with E-state index in [1.54, 1.807) is 11.9 Å². The highest BCUT2D eigenvalue weighted by Gasteiger charge is 2.44. The highest BCUT2D eigenvalue weighted by Crippen LogP contribution is 2.29. The third-order valence-corrected chi connectivity index (χ3v) is 5.62. The van der Waals surface area contributed by atoms with Gasteiger partial charge in [-0.3, -0.25) is 9.69 Å². The van der Waals surface area contributed by atoms with Crippen molar-refractivity contribution in [3.63, 3.8) is 0 Å². The highest BCUT2D eigenvalue weighted by molar-refractivity contribution is 5.80. The number of carbonyl (C=O) groups is 1. The van der Waals surface area contributed by atoms with Crippen LogP contribution < -0.4 is 10.2 Å². The fourth-order valence-electron chi connectivity index (χ4n) is 3.76. The molecule has 0 amide bonds. The Balaban J connectivity index is 1.55. The Labute approximate surface area is 169 Å². The Kier molecular flexibility index (Phi) is 7.39. The molecule has 0 aliphatic carbocycles. The van der Waals surface area contributed by atoms with Gasteiger partial charge in [-0.25, -0.2) is 14.8 Å².